The summed E-state index contributed by atoms with van der Waals surface area (Å²) < 4.78 is 0. The molecular weight excluding hydrogens is 174 g/mol. The zero-order chi connectivity index (χ0) is 9.97. The van der Waals surface area contributed by atoms with Gasteiger partial charge in [-0.25, -0.2) is 0 Å². The highest BCUT2D eigenvalue weighted by Gasteiger charge is 2.04. The van der Waals surface area contributed by atoms with Crippen LogP contribution in [0.5, 0.6) is 0 Å². The first-order chi connectivity index (χ1) is 6.83. The molecule has 0 atom stereocenters. The van der Waals surface area contributed by atoms with Gasteiger partial charge in [-0.1, -0.05) is 0 Å². The van der Waals surface area contributed by atoms with Crippen LogP contribution in [0.1, 0.15) is 11.4 Å². The minimum absolute atomic E-state index is 0.625. The first-order valence-electron chi connectivity index (χ1n) is 4.72. The number of nitrogens with zero attached hydrogens (tertiary/aromatic N) is 2. The molecule has 0 aliphatic carbocycles. The van der Waals surface area contributed by atoms with Gasteiger partial charge in [-0.05, 0) is 31.0 Å². The van der Waals surface area contributed by atoms with Crippen molar-refractivity contribution in [3.8, 4) is 0 Å². The summed E-state index contributed by atoms with van der Waals surface area (Å²) in [5, 5.41) is 2.34. The average molecular weight is 187 g/mol. The molecule has 0 aliphatic heterocycles. The van der Waals surface area contributed by atoms with E-state index >= 15 is 0 Å². The Bertz CT molecular complexity index is 446. The zero-order valence-corrected chi connectivity index (χ0v) is 8.20. The van der Waals surface area contributed by atoms with E-state index in [-0.39, 0.29) is 0 Å². The monoisotopic (exact) mass is 187 g/mol. The standard InChI is InChI=1S/C11H13N3/c1-8-11-9(3-6-13-8)4-7-14-10(11)2-5-12/h3-4,6-7H,2,5,12H2,1H3. The van der Waals surface area contributed by atoms with Crippen LogP contribution in [-0.2, 0) is 6.42 Å². The zero-order valence-electron chi connectivity index (χ0n) is 8.20. The summed E-state index contributed by atoms with van der Waals surface area (Å²) >= 11 is 0. The van der Waals surface area contributed by atoms with Crippen molar-refractivity contribution in [1.29, 1.82) is 0 Å². The van der Waals surface area contributed by atoms with Gasteiger partial charge in [0.2, 0.25) is 0 Å². The SMILES string of the molecule is Cc1nccc2ccnc(CCN)c12. The molecule has 3 heteroatoms. The Labute approximate surface area is 83.0 Å². The Hall–Kier alpha value is -1.48. The predicted molar refractivity (Wildman–Crippen MR) is 57.0 cm³/mol. The highest BCUT2D eigenvalue weighted by atomic mass is 14.7. The molecule has 3 nitrogen and oxygen atoms in total. The number of nitrogens with two attached hydrogens (primary N) is 1. The molecule has 0 aromatic carbocycles. The van der Waals surface area contributed by atoms with E-state index in [4.69, 9.17) is 5.73 Å². The van der Waals surface area contributed by atoms with Crippen LogP contribution >= 0.6 is 0 Å². The fourth-order valence-electron chi connectivity index (χ4n) is 1.70. The lowest BCUT2D eigenvalue weighted by atomic mass is 10.1. The predicted octanol–water partition coefficient (Wildman–Crippen LogP) is 1.44. The van der Waals surface area contributed by atoms with Gasteiger partial charge in [-0.2, -0.15) is 0 Å². The molecule has 2 aromatic heterocycles. The second-order valence-corrected chi connectivity index (χ2v) is 3.29. The molecule has 0 bridgehead atoms. The van der Waals surface area contributed by atoms with Crippen molar-refractivity contribution < 1.29 is 0 Å². The fourth-order valence-corrected chi connectivity index (χ4v) is 1.70. The van der Waals surface area contributed by atoms with Crippen molar-refractivity contribution >= 4 is 10.8 Å². The third-order valence-corrected chi connectivity index (χ3v) is 2.33. The molecule has 0 unspecified atom stereocenters. The number of rotatable bonds is 2. The lowest BCUT2D eigenvalue weighted by Crippen LogP contribution is -2.05. The molecule has 2 heterocycles. The smallest absolute Gasteiger partial charge is 0.0512 e. The molecule has 0 amide bonds. The number of aromatic nitrogens is 2. The Morgan fingerprint density at radius 3 is 2.64 bits per heavy atom. The summed E-state index contributed by atoms with van der Waals surface area (Å²) in [6, 6.07) is 4.01. The van der Waals surface area contributed by atoms with E-state index < -0.39 is 0 Å². The van der Waals surface area contributed by atoms with Crippen LogP contribution in [0, 0.1) is 6.92 Å². The number of aryl methyl sites for hydroxylation is 1. The van der Waals surface area contributed by atoms with Crippen molar-refractivity contribution in [2.24, 2.45) is 5.73 Å². The Balaban J connectivity index is 2.71. The topological polar surface area (TPSA) is 51.8 Å². The Kier molecular flexibility index (Phi) is 2.41. The summed E-state index contributed by atoms with van der Waals surface area (Å²) in [6.07, 6.45) is 4.46. The van der Waals surface area contributed by atoms with E-state index in [9.17, 15) is 0 Å². The van der Waals surface area contributed by atoms with Crippen LogP contribution in [0.4, 0.5) is 0 Å². The summed E-state index contributed by atoms with van der Waals surface area (Å²) in [6.45, 7) is 2.63. The second-order valence-electron chi connectivity index (χ2n) is 3.29. The van der Waals surface area contributed by atoms with Crippen molar-refractivity contribution in [3.63, 3.8) is 0 Å². The first-order valence-corrected chi connectivity index (χ1v) is 4.72. The van der Waals surface area contributed by atoms with Gasteiger partial charge in [-0.3, -0.25) is 9.97 Å². The third kappa shape index (κ3) is 1.46. The van der Waals surface area contributed by atoms with Crippen LogP contribution in [0.15, 0.2) is 24.5 Å². The maximum atomic E-state index is 5.54. The van der Waals surface area contributed by atoms with E-state index in [1.54, 1.807) is 0 Å². The number of hydrogen-bond donors (Lipinski definition) is 1. The summed E-state index contributed by atoms with van der Waals surface area (Å²) in [4.78, 5) is 8.61. The molecule has 2 aromatic rings. The molecular formula is C11H13N3. The first kappa shape index (κ1) is 9.09. The molecule has 0 saturated carbocycles. The van der Waals surface area contributed by atoms with Crippen LogP contribution in [0.25, 0.3) is 10.8 Å². The van der Waals surface area contributed by atoms with Gasteiger partial charge in [0.25, 0.3) is 0 Å². The highest BCUT2D eigenvalue weighted by molar-refractivity contribution is 5.86. The Morgan fingerprint density at radius 2 is 1.93 bits per heavy atom. The molecule has 0 spiro atoms. The maximum absolute atomic E-state index is 5.54. The van der Waals surface area contributed by atoms with E-state index in [0.29, 0.717) is 6.54 Å². The number of hydrogen-bond acceptors (Lipinski definition) is 3. The molecule has 14 heavy (non-hydrogen) atoms. The highest BCUT2D eigenvalue weighted by Crippen LogP contribution is 2.18. The summed E-state index contributed by atoms with van der Waals surface area (Å²) in [5.41, 5.74) is 7.62. The van der Waals surface area contributed by atoms with Crippen molar-refractivity contribution in [2.45, 2.75) is 13.3 Å². The normalized spacial score (nSPS) is 10.7. The van der Waals surface area contributed by atoms with Crippen LogP contribution < -0.4 is 5.73 Å². The largest absolute Gasteiger partial charge is 0.330 e. The van der Waals surface area contributed by atoms with Crippen LogP contribution in [-0.4, -0.2) is 16.5 Å². The fraction of sp³-hybridized carbons (Fsp3) is 0.273. The average Bonchev–Trinajstić information content (AvgIpc) is 2.19. The molecule has 0 saturated heterocycles. The third-order valence-electron chi connectivity index (χ3n) is 2.33. The van der Waals surface area contributed by atoms with E-state index in [1.165, 1.54) is 5.39 Å². The second kappa shape index (κ2) is 3.72. The summed E-state index contributed by atoms with van der Waals surface area (Å²) in [5.74, 6) is 0. The minimum Gasteiger partial charge on any atom is -0.330 e. The molecule has 2 rings (SSSR count). The minimum atomic E-state index is 0.625. The lowest BCUT2D eigenvalue weighted by Gasteiger charge is -2.05. The van der Waals surface area contributed by atoms with E-state index in [2.05, 4.69) is 9.97 Å². The van der Waals surface area contributed by atoms with Gasteiger partial charge >= 0.3 is 0 Å². The lowest BCUT2D eigenvalue weighted by molar-refractivity contribution is 0.932. The van der Waals surface area contributed by atoms with Crippen LogP contribution in [0.2, 0.25) is 0 Å². The molecule has 2 N–H and O–H groups in total. The van der Waals surface area contributed by atoms with Gasteiger partial charge in [0.1, 0.15) is 0 Å². The van der Waals surface area contributed by atoms with Crippen molar-refractivity contribution in [2.75, 3.05) is 6.54 Å². The van der Waals surface area contributed by atoms with Gasteiger partial charge in [0.05, 0.1) is 5.69 Å². The van der Waals surface area contributed by atoms with Gasteiger partial charge in [0, 0.05) is 29.9 Å². The van der Waals surface area contributed by atoms with E-state index in [0.717, 1.165) is 23.2 Å². The number of pyridine rings is 2. The van der Waals surface area contributed by atoms with Crippen molar-refractivity contribution in [1.82, 2.24) is 9.97 Å². The molecule has 72 valence electrons. The quantitative estimate of drug-likeness (QED) is 0.774. The maximum Gasteiger partial charge on any atom is 0.0512 e. The van der Waals surface area contributed by atoms with E-state index in [1.807, 2.05) is 31.5 Å². The van der Waals surface area contributed by atoms with Crippen LogP contribution in [0.3, 0.4) is 0 Å². The van der Waals surface area contributed by atoms with Gasteiger partial charge in [-0.15, -0.1) is 0 Å². The molecule has 0 fully saturated rings. The van der Waals surface area contributed by atoms with Gasteiger partial charge in [0.15, 0.2) is 0 Å². The van der Waals surface area contributed by atoms with Gasteiger partial charge < -0.3 is 5.73 Å². The number of fused-ring (bicyclic) bond motifs is 1. The summed E-state index contributed by atoms with van der Waals surface area (Å²) in [7, 11) is 0. The van der Waals surface area contributed by atoms with Crippen molar-refractivity contribution in [3.05, 3.63) is 35.9 Å². The Morgan fingerprint density at radius 1 is 1.21 bits per heavy atom. The molecule has 0 aliphatic rings. The molecule has 0 radical (unpaired) electrons.